The minimum atomic E-state index is 0.801. The third kappa shape index (κ3) is 4.26. The maximum absolute atomic E-state index is 4.17. The van der Waals surface area contributed by atoms with Crippen molar-refractivity contribution in [2.24, 2.45) is 0 Å². The molecular weight excluding hydrogens is 228 g/mol. The van der Waals surface area contributed by atoms with Gasteiger partial charge in [0.2, 0.25) is 0 Å². The molecule has 17 heavy (non-hydrogen) atoms. The number of rotatable bonds is 8. The molecule has 1 N–H and O–H groups in total. The Balaban J connectivity index is 1.82. The summed E-state index contributed by atoms with van der Waals surface area (Å²) in [5.74, 6) is 0. The van der Waals surface area contributed by atoms with Gasteiger partial charge in [0.1, 0.15) is 0 Å². The van der Waals surface area contributed by atoms with Crippen molar-refractivity contribution in [1.29, 1.82) is 0 Å². The molecule has 94 valence electrons. The molecule has 0 spiro atoms. The fourth-order valence-corrected chi connectivity index (χ4v) is 2.73. The molecule has 0 radical (unpaired) electrons. The summed E-state index contributed by atoms with van der Waals surface area (Å²) in [6.45, 7) is 10.4. The average molecular weight is 250 g/mol. The van der Waals surface area contributed by atoms with Crippen molar-refractivity contribution in [3.05, 3.63) is 34.5 Å². The quantitative estimate of drug-likeness (QED) is 0.714. The third-order valence-corrected chi connectivity index (χ3v) is 3.92. The first kappa shape index (κ1) is 12.8. The van der Waals surface area contributed by atoms with Gasteiger partial charge in [-0.15, -0.1) is 11.3 Å². The summed E-state index contributed by atoms with van der Waals surface area (Å²) < 4.78 is 0. The highest BCUT2D eigenvalue weighted by atomic mass is 32.1. The topological polar surface area (TPSA) is 15.3 Å². The van der Waals surface area contributed by atoms with Crippen LogP contribution in [-0.2, 0) is 6.54 Å². The van der Waals surface area contributed by atoms with E-state index in [0.29, 0.717) is 0 Å². The Morgan fingerprint density at radius 1 is 1.59 bits per heavy atom. The van der Waals surface area contributed by atoms with Crippen molar-refractivity contribution in [2.45, 2.75) is 32.4 Å². The third-order valence-electron chi connectivity index (χ3n) is 3.05. The van der Waals surface area contributed by atoms with Crippen LogP contribution in [0.3, 0.4) is 0 Å². The molecule has 2 rings (SSSR count). The molecule has 1 aliphatic rings. The van der Waals surface area contributed by atoms with Crippen molar-refractivity contribution in [3.8, 4) is 0 Å². The summed E-state index contributed by atoms with van der Waals surface area (Å²) in [5.41, 5.74) is 1.30. The van der Waals surface area contributed by atoms with Crippen molar-refractivity contribution in [3.63, 3.8) is 0 Å². The highest BCUT2D eigenvalue weighted by Crippen LogP contribution is 2.29. The Morgan fingerprint density at radius 2 is 2.41 bits per heavy atom. The summed E-state index contributed by atoms with van der Waals surface area (Å²) in [6.07, 6.45) is 2.72. The maximum Gasteiger partial charge on any atom is 0.0334 e. The second-order valence-electron chi connectivity index (χ2n) is 4.75. The molecule has 1 fully saturated rings. The van der Waals surface area contributed by atoms with Crippen LogP contribution in [0.4, 0.5) is 0 Å². The van der Waals surface area contributed by atoms with E-state index in [1.807, 2.05) is 11.3 Å². The standard InChI is InChI=1S/C14H22N2S/c1-3-15-9-12(2)10-16(13-6-7-13)11-14-5-4-8-17-14/h4-5,8,13,15H,2-3,6-7,9-11H2,1H3. The lowest BCUT2D eigenvalue weighted by atomic mass is 10.2. The van der Waals surface area contributed by atoms with E-state index in [1.54, 1.807) is 0 Å². The van der Waals surface area contributed by atoms with Crippen molar-refractivity contribution < 1.29 is 0 Å². The zero-order valence-corrected chi connectivity index (χ0v) is 11.4. The fraction of sp³-hybridized carbons (Fsp3) is 0.571. The van der Waals surface area contributed by atoms with Crippen LogP contribution in [-0.4, -0.2) is 30.6 Å². The van der Waals surface area contributed by atoms with Gasteiger partial charge in [0.15, 0.2) is 0 Å². The Bertz CT molecular complexity index is 341. The molecular formula is C14H22N2S. The van der Waals surface area contributed by atoms with E-state index in [1.165, 1.54) is 23.3 Å². The Kier molecular flexibility index (Phi) is 4.77. The number of thiophene rings is 1. The maximum atomic E-state index is 4.17. The van der Waals surface area contributed by atoms with E-state index in [9.17, 15) is 0 Å². The monoisotopic (exact) mass is 250 g/mol. The molecule has 3 heteroatoms. The van der Waals surface area contributed by atoms with Crippen molar-refractivity contribution in [2.75, 3.05) is 19.6 Å². The molecule has 2 nitrogen and oxygen atoms in total. The first-order valence-electron chi connectivity index (χ1n) is 6.43. The smallest absolute Gasteiger partial charge is 0.0334 e. The van der Waals surface area contributed by atoms with E-state index in [4.69, 9.17) is 0 Å². The Hall–Kier alpha value is -0.640. The van der Waals surface area contributed by atoms with Crippen LogP contribution in [0.5, 0.6) is 0 Å². The molecule has 1 aromatic rings. The predicted octanol–water partition coefficient (Wildman–Crippen LogP) is 2.88. The number of hydrogen-bond donors (Lipinski definition) is 1. The molecule has 0 atom stereocenters. The van der Waals surface area contributed by atoms with E-state index in [2.05, 4.69) is 41.2 Å². The summed E-state index contributed by atoms with van der Waals surface area (Å²) in [7, 11) is 0. The second kappa shape index (κ2) is 6.34. The minimum absolute atomic E-state index is 0.801. The van der Waals surface area contributed by atoms with Gasteiger partial charge in [0.05, 0.1) is 0 Å². The van der Waals surface area contributed by atoms with Gasteiger partial charge in [-0.1, -0.05) is 19.6 Å². The first-order chi connectivity index (χ1) is 8.29. The molecule has 0 bridgehead atoms. The summed E-state index contributed by atoms with van der Waals surface area (Å²) in [6, 6.07) is 5.17. The fourth-order valence-electron chi connectivity index (χ4n) is 2.00. The molecule has 0 aromatic carbocycles. The lowest BCUT2D eigenvalue weighted by Crippen LogP contribution is -2.30. The zero-order chi connectivity index (χ0) is 12.1. The van der Waals surface area contributed by atoms with Crippen molar-refractivity contribution in [1.82, 2.24) is 10.2 Å². The van der Waals surface area contributed by atoms with Crippen LogP contribution in [0.25, 0.3) is 0 Å². The molecule has 1 saturated carbocycles. The van der Waals surface area contributed by atoms with Crippen LogP contribution >= 0.6 is 11.3 Å². The number of nitrogens with zero attached hydrogens (tertiary/aromatic N) is 1. The van der Waals surface area contributed by atoms with Gasteiger partial charge in [-0.3, -0.25) is 4.90 Å². The Labute approximate surface area is 108 Å². The molecule has 1 aliphatic carbocycles. The van der Waals surface area contributed by atoms with Crippen LogP contribution in [0.2, 0.25) is 0 Å². The number of likely N-dealkylation sites (N-methyl/N-ethyl adjacent to an activating group) is 1. The Morgan fingerprint density at radius 3 is 3.00 bits per heavy atom. The average Bonchev–Trinajstić information content (AvgIpc) is 3.05. The highest BCUT2D eigenvalue weighted by Gasteiger charge is 2.29. The largest absolute Gasteiger partial charge is 0.313 e. The van der Waals surface area contributed by atoms with Gasteiger partial charge in [-0.05, 0) is 36.4 Å². The van der Waals surface area contributed by atoms with Gasteiger partial charge >= 0.3 is 0 Å². The van der Waals surface area contributed by atoms with Gasteiger partial charge < -0.3 is 5.32 Å². The summed E-state index contributed by atoms with van der Waals surface area (Å²) in [4.78, 5) is 4.04. The lowest BCUT2D eigenvalue weighted by Gasteiger charge is -2.22. The van der Waals surface area contributed by atoms with E-state index in [-0.39, 0.29) is 0 Å². The van der Waals surface area contributed by atoms with Gasteiger partial charge in [-0.25, -0.2) is 0 Å². The normalized spacial score (nSPS) is 15.4. The highest BCUT2D eigenvalue weighted by molar-refractivity contribution is 7.09. The molecule has 0 amide bonds. The molecule has 0 unspecified atom stereocenters. The van der Waals surface area contributed by atoms with E-state index >= 15 is 0 Å². The van der Waals surface area contributed by atoms with Gasteiger partial charge in [-0.2, -0.15) is 0 Å². The van der Waals surface area contributed by atoms with Crippen molar-refractivity contribution >= 4 is 11.3 Å². The molecule has 1 heterocycles. The van der Waals surface area contributed by atoms with Crippen LogP contribution in [0.1, 0.15) is 24.6 Å². The molecule has 1 aromatic heterocycles. The zero-order valence-electron chi connectivity index (χ0n) is 10.6. The number of hydrogen-bond acceptors (Lipinski definition) is 3. The minimum Gasteiger partial charge on any atom is -0.313 e. The van der Waals surface area contributed by atoms with E-state index in [0.717, 1.165) is 32.2 Å². The van der Waals surface area contributed by atoms with Crippen LogP contribution in [0, 0.1) is 0 Å². The second-order valence-corrected chi connectivity index (χ2v) is 5.78. The SMILES string of the molecule is C=C(CNCC)CN(Cc1cccs1)C1CC1. The lowest BCUT2D eigenvalue weighted by molar-refractivity contribution is 0.278. The number of nitrogens with one attached hydrogen (secondary N) is 1. The predicted molar refractivity (Wildman–Crippen MR) is 75.4 cm³/mol. The van der Waals surface area contributed by atoms with Gasteiger partial charge in [0, 0.05) is 30.6 Å². The van der Waals surface area contributed by atoms with E-state index < -0.39 is 0 Å². The molecule has 0 aliphatic heterocycles. The summed E-state index contributed by atoms with van der Waals surface area (Å²) in [5, 5.41) is 5.51. The first-order valence-corrected chi connectivity index (χ1v) is 7.31. The molecule has 0 saturated heterocycles. The van der Waals surface area contributed by atoms with Gasteiger partial charge in [0.25, 0.3) is 0 Å². The summed E-state index contributed by atoms with van der Waals surface area (Å²) >= 11 is 1.85. The van der Waals surface area contributed by atoms with Crippen LogP contribution < -0.4 is 5.32 Å². The van der Waals surface area contributed by atoms with Crippen LogP contribution in [0.15, 0.2) is 29.7 Å².